The minimum Gasteiger partial charge on any atom is -0.481 e. The molecule has 24 heavy (non-hydrogen) atoms. The Balaban J connectivity index is 1.70. The van der Waals surface area contributed by atoms with Gasteiger partial charge in [0.25, 0.3) is 5.91 Å². The monoisotopic (exact) mass is 323 g/mol. The number of nitrogens with zero attached hydrogens (tertiary/aromatic N) is 1. The Bertz CT molecular complexity index is 830. The first-order valence-electron chi connectivity index (χ1n) is 8.61. The first kappa shape index (κ1) is 15.2. The average Bonchev–Trinajstić information content (AvgIpc) is 3.16. The molecule has 2 aromatic rings. The average molecular weight is 323 g/mol. The van der Waals surface area contributed by atoms with Crippen molar-refractivity contribution in [2.24, 2.45) is 5.41 Å². The summed E-state index contributed by atoms with van der Waals surface area (Å²) in [4.78, 5) is 26.9. The van der Waals surface area contributed by atoms with Gasteiger partial charge in [-0.2, -0.15) is 0 Å². The molecule has 0 spiro atoms. The van der Waals surface area contributed by atoms with E-state index in [1.807, 2.05) is 54.3 Å². The zero-order valence-corrected chi connectivity index (χ0v) is 13.7. The number of carbonyl (C=O) groups excluding carboxylic acids is 1. The molecule has 0 aromatic heterocycles. The molecular weight excluding hydrogens is 302 g/mol. The van der Waals surface area contributed by atoms with Crippen LogP contribution in [0.2, 0.25) is 0 Å². The van der Waals surface area contributed by atoms with E-state index in [4.69, 9.17) is 0 Å². The van der Waals surface area contributed by atoms with Gasteiger partial charge in [-0.15, -0.1) is 0 Å². The second-order valence-electron chi connectivity index (χ2n) is 7.04. The van der Waals surface area contributed by atoms with E-state index in [1.54, 1.807) is 0 Å². The highest BCUT2D eigenvalue weighted by Crippen LogP contribution is 2.52. The summed E-state index contributed by atoms with van der Waals surface area (Å²) in [5.74, 6) is -0.779. The third kappa shape index (κ3) is 1.98. The standard InChI is InChI=1S/C20H21NO3/c1-2-20(19(23)24)12-16-9-10-17(20)21(16)18(22)15-8-7-13-5-3-4-6-14(13)11-15/h3-8,11,16-17H,2,9-10,12H2,1H3,(H,23,24)/t16-,17+,20+/m0/s1. The van der Waals surface area contributed by atoms with Crippen LogP contribution < -0.4 is 0 Å². The molecule has 1 amide bonds. The van der Waals surface area contributed by atoms with Gasteiger partial charge >= 0.3 is 5.97 Å². The van der Waals surface area contributed by atoms with Crippen LogP contribution in [0.5, 0.6) is 0 Å². The van der Waals surface area contributed by atoms with Crippen LogP contribution in [0.1, 0.15) is 43.0 Å². The smallest absolute Gasteiger partial charge is 0.311 e. The van der Waals surface area contributed by atoms with Gasteiger partial charge in [0.2, 0.25) is 0 Å². The van der Waals surface area contributed by atoms with Crippen LogP contribution >= 0.6 is 0 Å². The molecule has 2 fully saturated rings. The number of fused-ring (bicyclic) bond motifs is 3. The summed E-state index contributed by atoms with van der Waals surface area (Å²) in [6.45, 7) is 1.92. The molecule has 124 valence electrons. The normalized spacial score (nSPS) is 28.5. The largest absolute Gasteiger partial charge is 0.481 e. The lowest BCUT2D eigenvalue weighted by Gasteiger charge is -2.32. The second kappa shape index (κ2) is 5.33. The molecule has 2 bridgehead atoms. The molecule has 2 heterocycles. The molecule has 0 aliphatic carbocycles. The first-order chi connectivity index (χ1) is 11.6. The van der Waals surface area contributed by atoms with Crippen LogP contribution in [0.25, 0.3) is 10.8 Å². The third-order valence-electron chi connectivity index (χ3n) is 6.03. The molecule has 2 aliphatic rings. The Labute approximate surface area is 141 Å². The Kier molecular flexibility index (Phi) is 3.37. The van der Waals surface area contributed by atoms with Crippen molar-refractivity contribution in [3.8, 4) is 0 Å². The van der Waals surface area contributed by atoms with Crippen molar-refractivity contribution in [1.29, 1.82) is 0 Å². The maximum absolute atomic E-state index is 13.1. The molecule has 4 rings (SSSR count). The summed E-state index contributed by atoms with van der Waals surface area (Å²) in [7, 11) is 0. The maximum atomic E-state index is 13.1. The molecule has 4 heteroatoms. The molecule has 0 saturated carbocycles. The summed E-state index contributed by atoms with van der Waals surface area (Å²) in [6.07, 6.45) is 2.87. The predicted molar refractivity (Wildman–Crippen MR) is 91.9 cm³/mol. The van der Waals surface area contributed by atoms with Gasteiger partial charge < -0.3 is 10.0 Å². The summed E-state index contributed by atoms with van der Waals surface area (Å²) >= 11 is 0. The summed E-state index contributed by atoms with van der Waals surface area (Å²) in [6, 6.07) is 13.6. The van der Waals surface area contributed by atoms with E-state index in [9.17, 15) is 14.7 Å². The number of amides is 1. The van der Waals surface area contributed by atoms with Crippen molar-refractivity contribution in [1.82, 2.24) is 4.90 Å². The van der Waals surface area contributed by atoms with Crippen molar-refractivity contribution in [2.75, 3.05) is 0 Å². The van der Waals surface area contributed by atoms with Crippen LogP contribution in [0, 0.1) is 5.41 Å². The fourth-order valence-electron chi connectivity index (χ4n) is 4.72. The number of carboxylic acid groups (broad SMARTS) is 1. The maximum Gasteiger partial charge on any atom is 0.311 e. The molecule has 0 radical (unpaired) electrons. The fraction of sp³-hybridized carbons (Fsp3) is 0.400. The first-order valence-corrected chi connectivity index (χ1v) is 8.61. The number of hydrogen-bond acceptors (Lipinski definition) is 2. The molecule has 0 unspecified atom stereocenters. The molecular formula is C20H21NO3. The van der Waals surface area contributed by atoms with E-state index in [0.717, 1.165) is 23.6 Å². The Morgan fingerprint density at radius 2 is 1.92 bits per heavy atom. The second-order valence-corrected chi connectivity index (χ2v) is 7.04. The van der Waals surface area contributed by atoms with Crippen molar-refractivity contribution < 1.29 is 14.7 Å². The molecule has 2 saturated heterocycles. The van der Waals surface area contributed by atoms with Gasteiger partial charge in [0.1, 0.15) is 0 Å². The van der Waals surface area contributed by atoms with E-state index in [0.29, 0.717) is 18.4 Å². The number of carbonyl (C=O) groups is 2. The van der Waals surface area contributed by atoms with Crippen LogP contribution in [-0.2, 0) is 4.79 Å². The predicted octanol–water partition coefficient (Wildman–Crippen LogP) is 3.70. The van der Waals surface area contributed by atoms with Crippen molar-refractivity contribution in [3.63, 3.8) is 0 Å². The number of hydrogen-bond donors (Lipinski definition) is 1. The SMILES string of the molecule is CC[C@@]1(C(=O)O)C[C@@H]2CC[C@H]1N2C(=O)c1ccc2ccccc2c1. The molecule has 1 N–H and O–H groups in total. The Hall–Kier alpha value is -2.36. The lowest BCUT2D eigenvalue weighted by Crippen LogP contribution is -2.44. The number of benzene rings is 2. The minimum atomic E-state index is -0.768. The summed E-state index contributed by atoms with van der Waals surface area (Å²) < 4.78 is 0. The highest BCUT2D eigenvalue weighted by molar-refractivity contribution is 5.99. The van der Waals surface area contributed by atoms with Crippen molar-refractivity contribution >= 4 is 22.6 Å². The number of aliphatic carboxylic acids is 1. The van der Waals surface area contributed by atoms with Gasteiger partial charge in [-0.3, -0.25) is 9.59 Å². The van der Waals surface area contributed by atoms with E-state index >= 15 is 0 Å². The zero-order valence-electron chi connectivity index (χ0n) is 13.7. The van der Waals surface area contributed by atoms with Crippen LogP contribution in [0.4, 0.5) is 0 Å². The van der Waals surface area contributed by atoms with Crippen molar-refractivity contribution in [3.05, 3.63) is 48.0 Å². The van der Waals surface area contributed by atoms with Gasteiger partial charge in [-0.05, 0) is 48.6 Å². The van der Waals surface area contributed by atoms with Gasteiger partial charge in [0.05, 0.1) is 5.41 Å². The topological polar surface area (TPSA) is 57.6 Å². The Morgan fingerprint density at radius 3 is 2.58 bits per heavy atom. The van der Waals surface area contributed by atoms with Crippen LogP contribution in [0.3, 0.4) is 0 Å². The number of rotatable bonds is 3. The lowest BCUT2D eigenvalue weighted by molar-refractivity contribution is -0.151. The molecule has 4 nitrogen and oxygen atoms in total. The lowest BCUT2D eigenvalue weighted by atomic mass is 9.72. The van der Waals surface area contributed by atoms with Crippen LogP contribution in [-0.4, -0.2) is 34.0 Å². The summed E-state index contributed by atoms with van der Waals surface area (Å²) in [5.41, 5.74) is -0.113. The number of carboxylic acids is 1. The zero-order chi connectivity index (χ0) is 16.9. The molecule has 2 aliphatic heterocycles. The minimum absolute atomic E-state index is 0.0233. The van der Waals surface area contributed by atoms with E-state index in [-0.39, 0.29) is 18.0 Å². The van der Waals surface area contributed by atoms with Gasteiger partial charge in [0.15, 0.2) is 0 Å². The third-order valence-corrected chi connectivity index (χ3v) is 6.03. The van der Waals surface area contributed by atoms with E-state index < -0.39 is 11.4 Å². The van der Waals surface area contributed by atoms with Gasteiger partial charge in [-0.1, -0.05) is 37.3 Å². The molecule has 3 atom stereocenters. The Morgan fingerprint density at radius 1 is 1.17 bits per heavy atom. The van der Waals surface area contributed by atoms with Gasteiger partial charge in [0, 0.05) is 17.6 Å². The van der Waals surface area contributed by atoms with Gasteiger partial charge in [-0.25, -0.2) is 0 Å². The fourth-order valence-corrected chi connectivity index (χ4v) is 4.72. The van der Waals surface area contributed by atoms with Crippen LogP contribution in [0.15, 0.2) is 42.5 Å². The van der Waals surface area contributed by atoms with Crippen molar-refractivity contribution in [2.45, 2.75) is 44.7 Å². The highest BCUT2D eigenvalue weighted by atomic mass is 16.4. The summed E-state index contributed by atoms with van der Waals surface area (Å²) in [5, 5.41) is 11.9. The van der Waals surface area contributed by atoms with E-state index in [2.05, 4.69) is 0 Å². The highest BCUT2D eigenvalue weighted by Gasteiger charge is 2.60. The quantitative estimate of drug-likeness (QED) is 0.937. The molecule has 2 aromatic carbocycles. The van der Waals surface area contributed by atoms with E-state index in [1.165, 1.54) is 0 Å².